The summed E-state index contributed by atoms with van der Waals surface area (Å²) in [5, 5.41) is 0. The fourth-order valence-electron chi connectivity index (χ4n) is 5.54. The van der Waals surface area contributed by atoms with Crippen molar-refractivity contribution in [2.45, 2.75) is 39.3 Å². The molecule has 0 unspecified atom stereocenters. The third kappa shape index (κ3) is 6.85. The largest absolute Gasteiger partial charge is 0.489 e. The Bertz CT molecular complexity index is 1160. The van der Waals surface area contributed by atoms with Crippen LogP contribution in [0.1, 0.15) is 31.5 Å². The quantitative estimate of drug-likeness (QED) is 0.328. The van der Waals surface area contributed by atoms with Gasteiger partial charge in [-0.1, -0.05) is 18.7 Å². The lowest BCUT2D eigenvalue weighted by Gasteiger charge is -2.38. The number of aromatic nitrogens is 2. The van der Waals surface area contributed by atoms with Crippen LogP contribution in [0.25, 0.3) is 0 Å². The fraction of sp³-hybridized carbons (Fsp3) is 0.567. The molecular formula is C30H42N6O4. The zero-order valence-electron chi connectivity index (χ0n) is 23.9. The Balaban J connectivity index is 1.34. The van der Waals surface area contributed by atoms with Crippen LogP contribution in [0.15, 0.2) is 36.9 Å². The Morgan fingerprint density at radius 1 is 1.05 bits per heavy atom. The second kappa shape index (κ2) is 13.3. The molecule has 216 valence electrons. The summed E-state index contributed by atoms with van der Waals surface area (Å²) in [7, 11) is 0. The van der Waals surface area contributed by atoms with E-state index in [-0.39, 0.29) is 12.0 Å². The first-order valence-corrected chi connectivity index (χ1v) is 14.5. The van der Waals surface area contributed by atoms with Crippen molar-refractivity contribution in [1.82, 2.24) is 19.8 Å². The molecule has 0 atom stereocenters. The topological polar surface area (TPSA) is 83.5 Å². The van der Waals surface area contributed by atoms with Gasteiger partial charge in [0.2, 0.25) is 5.91 Å². The maximum Gasteiger partial charge on any atom is 0.318 e. The molecule has 0 radical (unpaired) electrons. The summed E-state index contributed by atoms with van der Waals surface area (Å²) in [6, 6.07) is 8.64. The molecule has 2 aromatic rings. The first-order chi connectivity index (χ1) is 19.5. The lowest BCUT2D eigenvalue weighted by molar-refractivity contribution is -0.126. The average molecular weight is 551 g/mol. The summed E-state index contributed by atoms with van der Waals surface area (Å²) in [5.41, 5.74) is 3.23. The maximum atomic E-state index is 12.1. The molecule has 0 saturated carbocycles. The standard InChI is InChI=1S/C30H42N6O4/c1-4-28(37)34-13-15-35(16-14-34)29-24-10-12-36(26-8-5-6-9-27(26)40-23(2)3)22-25(24)31-30(32-29)39-19-7-11-33-17-20-38-21-18-33/h4-6,8-9,23H,1,7,10-22H2,2-3H3. The Morgan fingerprint density at radius 2 is 1.82 bits per heavy atom. The number of morpholine rings is 1. The van der Waals surface area contributed by atoms with E-state index in [1.54, 1.807) is 0 Å². The number of ether oxygens (including phenoxy) is 3. The molecule has 5 rings (SSSR count). The highest BCUT2D eigenvalue weighted by Crippen LogP contribution is 2.35. The minimum absolute atomic E-state index is 0.0217. The highest BCUT2D eigenvalue weighted by Gasteiger charge is 2.29. The highest BCUT2D eigenvalue weighted by atomic mass is 16.5. The number of hydrogen-bond donors (Lipinski definition) is 0. The van der Waals surface area contributed by atoms with E-state index in [4.69, 9.17) is 24.2 Å². The maximum absolute atomic E-state index is 12.1. The normalized spacial score (nSPS) is 18.0. The van der Waals surface area contributed by atoms with Gasteiger partial charge in [-0.25, -0.2) is 0 Å². The Morgan fingerprint density at radius 3 is 2.58 bits per heavy atom. The molecule has 1 aromatic heterocycles. The summed E-state index contributed by atoms with van der Waals surface area (Å²) in [6.45, 7) is 17.0. The minimum atomic E-state index is -0.0217. The molecule has 3 aliphatic heterocycles. The second-order valence-electron chi connectivity index (χ2n) is 10.7. The van der Waals surface area contributed by atoms with Gasteiger partial charge >= 0.3 is 6.01 Å². The summed E-state index contributed by atoms with van der Waals surface area (Å²) in [6.07, 6.45) is 3.21. The number of para-hydroxylation sites is 2. The molecule has 4 heterocycles. The number of hydrogen-bond acceptors (Lipinski definition) is 9. The average Bonchev–Trinajstić information content (AvgIpc) is 2.99. The van der Waals surface area contributed by atoms with Crippen molar-refractivity contribution in [2.24, 2.45) is 0 Å². The van der Waals surface area contributed by atoms with E-state index in [0.717, 1.165) is 75.2 Å². The Kier molecular flexibility index (Phi) is 9.38. The second-order valence-corrected chi connectivity index (χ2v) is 10.7. The number of carbonyl (C=O) groups is 1. The summed E-state index contributed by atoms with van der Waals surface area (Å²) >= 11 is 0. The number of carbonyl (C=O) groups excluding carboxylic acids is 1. The van der Waals surface area contributed by atoms with Crippen LogP contribution in [0.5, 0.6) is 11.8 Å². The van der Waals surface area contributed by atoms with Crippen LogP contribution in [0, 0.1) is 0 Å². The van der Waals surface area contributed by atoms with E-state index in [2.05, 4.69) is 33.4 Å². The molecule has 2 saturated heterocycles. The molecule has 0 spiro atoms. The van der Waals surface area contributed by atoms with Crippen LogP contribution < -0.4 is 19.3 Å². The van der Waals surface area contributed by atoms with Gasteiger partial charge in [0.25, 0.3) is 0 Å². The Hall–Kier alpha value is -3.37. The molecule has 1 amide bonds. The highest BCUT2D eigenvalue weighted by molar-refractivity contribution is 5.87. The number of amides is 1. The van der Waals surface area contributed by atoms with Crippen molar-refractivity contribution in [3.8, 4) is 11.8 Å². The van der Waals surface area contributed by atoms with Crippen LogP contribution in [-0.2, 0) is 22.5 Å². The van der Waals surface area contributed by atoms with Crippen molar-refractivity contribution >= 4 is 17.4 Å². The van der Waals surface area contributed by atoms with E-state index in [0.29, 0.717) is 45.3 Å². The molecule has 0 aliphatic carbocycles. The number of nitrogens with zero attached hydrogens (tertiary/aromatic N) is 6. The van der Waals surface area contributed by atoms with Crippen molar-refractivity contribution in [3.05, 3.63) is 48.2 Å². The van der Waals surface area contributed by atoms with Crippen molar-refractivity contribution in [3.63, 3.8) is 0 Å². The summed E-state index contributed by atoms with van der Waals surface area (Å²) < 4.78 is 17.7. The van der Waals surface area contributed by atoms with Crippen LogP contribution in [-0.4, -0.2) is 104 Å². The third-order valence-electron chi connectivity index (χ3n) is 7.61. The molecule has 2 fully saturated rings. The van der Waals surface area contributed by atoms with Gasteiger partial charge in [0, 0.05) is 57.9 Å². The first-order valence-electron chi connectivity index (χ1n) is 14.5. The van der Waals surface area contributed by atoms with E-state index in [9.17, 15) is 4.79 Å². The van der Waals surface area contributed by atoms with Crippen LogP contribution >= 0.6 is 0 Å². The number of benzene rings is 1. The lowest BCUT2D eigenvalue weighted by Crippen LogP contribution is -2.49. The number of piperazine rings is 1. The van der Waals surface area contributed by atoms with Gasteiger partial charge in [-0.05, 0) is 44.9 Å². The zero-order chi connectivity index (χ0) is 27.9. The van der Waals surface area contributed by atoms with Crippen LogP contribution in [0.4, 0.5) is 11.5 Å². The number of fused-ring (bicyclic) bond motifs is 1. The molecule has 3 aliphatic rings. The molecule has 10 heteroatoms. The predicted octanol–water partition coefficient (Wildman–Crippen LogP) is 2.76. The molecule has 0 N–H and O–H groups in total. The summed E-state index contributed by atoms with van der Waals surface area (Å²) in [4.78, 5) is 30.9. The van der Waals surface area contributed by atoms with Gasteiger partial charge in [-0.15, -0.1) is 0 Å². The van der Waals surface area contributed by atoms with Gasteiger partial charge in [-0.2, -0.15) is 9.97 Å². The lowest BCUT2D eigenvalue weighted by atomic mass is 10.0. The van der Waals surface area contributed by atoms with Crippen molar-refractivity contribution in [2.75, 3.05) is 82.0 Å². The molecule has 0 bridgehead atoms. The third-order valence-corrected chi connectivity index (χ3v) is 7.61. The molecule has 1 aromatic carbocycles. The van der Waals surface area contributed by atoms with Crippen molar-refractivity contribution in [1.29, 1.82) is 0 Å². The minimum Gasteiger partial charge on any atom is -0.489 e. The SMILES string of the molecule is C=CC(=O)N1CCN(c2nc(OCCCN3CCOCC3)nc3c2CCN(c2ccccc2OC(C)C)C3)CC1. The molecule has 40 heavy (non-hydrogen) atoms. The monoisotopic (exact) mass is 550 g/mol. The van der Waals surface area contributed by atoms with E-state index >= 15 is 0 Å². The first kappa shape index (κ1) is 28.2. The van der Waals surface area contributed by atoms with Crippen LogP contribution in [0.3, 0.4) is 0 Å². The van der Waals surface area contributed by atoms with Gasteiger partial charge in [0.05, 0.1) is 43.9 Å². The summed E-state index contributed by atoms with van der Waals surface area (Å²) in [5.74, 6) is 1.80. The molecular weight excluding hydrogens is 508 g/mol. The van der Waals surface area contributed by atoms with Gasteiger partial charge in [0.1, 0.15) is 11.6 Å². The number of rotatable bonds is 10. The Labute approximate surface area is 237 Å². The zero-order valence-corrected chi connectivity index (χ0v) is 23.9. The van der Waals surface area contributed by atoms with Gasteiger partial charge in [0.15, 0.2) is 0 Å². The molecule has 10 nitrogen and oxygen atoms in total. The van der Waals surface area contributed by atoms with Crippen LogP contribution in [0.2, 0.25) is 0 Å². The van der Waals surface area contributed by atoms with E-state index in [1.807, 2.05) is 30.9 Å². The van der Waals surface area contributed by atoms with Gasteiger partial charge < -0.3 is 28.9 Å². The van der Waals surface area contributed by atoms with Crippen molar-refractivity contribution < 1.29 is 19.0 Å². The fourth-order valence-corrected chi connectivity index (χ4v) is 5.54. The smallest absolute Gasteiger partial charge is 0.318 e. The predicted molar refractivity (Wildman–Crippen MR) is 155 cm³/mol. The van der Waals surface area contributed by atoms with Gasteiger partial charge in [-0.3, -0.25) is 9.69 Å². The van der Waals surface area contributed by atoms with E-state index in [1.165, 1.54) is 11.6 Å². The number of anilines is 2. The van der Waals surface area contributed by atoms with E-state index < -0.39 is 0 Å².